The van der Waals surface area contributed by atoms with Crippen LogP contribution in [0.15, 0.2) is 23.4 Å². The molecule has 10 heteroatoms. The Labute approximate surface area is 129 Å². The van der Waals surface area contributed by atoms with Crippen molar-refractivity contribution in [2.75, 3.05) is 0 Å². The van der Waals surface area contributed by atoms with Crippen molar-refractivity contribution in [1.29, 1.82) is 0 Å². The molecule has 0 N–H and O–H groups in total. The maximum Gasteiger partial charge on any atom is 0.261 e. The zero-order valence-electron chi connectivity index (χ0n) is 10.0. The Morgan fingerprint density at radius 3 is 2.35 bits per heavy atom. The summed E-state index contributed by atoms with van der Waals surface area (Å²) in [7, 11) is 3.02. The van der Waals surface area contributed by atoms with E-state index in [1.165, 1.54) is 23.1 Å². The predicted molar refractivity (Wildman–Crippen MR) is 74.8 cm³/mol. The highest BCUT2D eigenvalue weighted by Crippen LogP contribution is 2.36. The van der Waals surface area contributed by atoms with Gasteiger partial charge in [0.2, 0.25) is 0 Å². The summed E-state index contributed by atoms with van der Waals surface area (Å²) in [4.78, 5) is 3.78. The second-order valence-electron chi connectivity index (χ2n) is 3.74. The lowest BCUT2D eigenvalue weighted by Gasteiger charge is -2.10. The molecule has 0 aliphatic rings. The van der Waals surface area contributed by atoms with Crippen LogP contribution in [0, 0.1) is 0 Å². The molecular weight excluding hydrogens is 349 g/mol. The summed E-state index contributed by atoms with van der Waals surface area (Å²) in [5.41, 5.74) is 0. The summed E-state index contributed by atoms with van der Waals surface area (Å²) in [6, 6.07) is 2.34. The molecule has 6 nitrogen and oxygen atoms in total. The molecular formula is C10H8Cl3N3O3S. The Bertz CT molecular complexity index is 722. The van der Waals surface area contributed by atoms with E-state index in [1.807, 2.05) is 0 Å². The Kier molecular flexibility index (Phi) is 4.43. The molecule has 2 rings (SSSR count). The average molecular weight is 357 g/mol. The molecule has 0 saturated heterocycles. The number of benzene rings is 1. The first-order valence-electron chi connectivity index (χ1n) is 5.18. The molecule has 0 aliphatic carbocycles. The number of hydrogen-bond donors (Lipinski definition) is 0. The van der Waals surface area contributed by atoms with Crippen LogP contribution in [0.25, 0.3) is 0 Å². The summed E-state index contributed by atoms with van der Waals surface area (Å²) in [5, 5.41) is 3.96. The Hall–Kier alpha value is -1.02. The van der Waals surface area contributed by atoms with E-state index in [4.69, 9.17) is 38.6 Å². The van der Waals surface area contributed by atoms with Crippen molar-refractivity contribution in [3.05, 3.63) is 34.3 Å². The van der Waals surface area contributed by atoms with Gasteiger partial charge in [0, 0.05) is 17.7 Å². The second kappa shape index (κ2) is 5.77. The molecule has 0 amide bonds. The molecule has 20 heavy (non-hydrogen) atoms. The predicted octanol–water partition coefficient (Wildman–Crippen LogP) is 2.63. The highest BCUT2D eigenvalue weighted by molar-refractivity contribution is 8.13. The molecule has 0 saturated carbocycles. The molecule has 108 valence electrons. The molecule has 1 heterocycles. The smallest absolute Gasteiger partial charge is 0.261 e. The van der Waals surface area contributed by atoms with Crippen molar-refractivity contribution in [3.8, 4) is 5.75 Å². The molecule has 0 radical (unpaired) electrons. The lowest BCUT2D eigenvalue weighted by molar-refractivity contribution is 0.290. The van der Waals surface area contributed by atoms with E-state index in [1.54, 1.807) is 7.05 Å². The standard InChI is InChI=1S/C10H8Cl3N3O3S/c1-16-9(14-5-15-16)4-19-10-7(11)2-6(3-8(10)12)20(13,17)18/h2-3,5H,4H2,1H3. The lowest BCUT2D eigenvalue weighted by atomic mass is 10.3. The van der Waals surface area contributed by atoms with Crippen molar-refractivity contribution in [1.82, 2.24) is 14.8 Å². The Morgan fingerprint density at radius 1 is 1.30 bits per heavy atom. The van der Waals surface area contributed by atoms with Crippen LogP contribution in [-0.4, -0.2) is 23.2 Å². The average Bonchev–Trinajstić information content (AvgIpc) is 2.72. The number of ether oxygens (including phenoxy) is 1. The Morgan fingerprint density at radius 2 is 1.90 bits per heavy atom. The van der Waals surface area contributed by atoms with Gasteiger partial charge in [0.15, 0.2) is 11.6 Å². The maximum absolute atomic E-state index is 11.2. The van der Waals surface area contributed by atoms with Gasteiger partial charge >= 0.3 is 0 Å². The summed E-state index contributed by atoms with van der Waals surface area (Å²) in [6.45, 7) is 0.0862. The first-order chi connectivity index (χ1) is 9.29. The molecule has 2 aromatic rings. The molecule has 1 aromatic heterocycles. The molecule has 0 bridgehead atoms. The van der Waals surface area contributed by atoms with Gasteiger partial charge in [0.25, 0.3) is 9.05 Å². The molecule has 0 atom stereocenters. The maximum atomic E-state index is 11.2. The van der Waals surface area contributed by atoms with Crippen LogP contribution in [-0.2, 0) is 22.7 Å². The van der Waals surface area contributed by atoms with Gasteiger partial charge in [-0.1, -0.05) is 23.2 Å². The minimum atomic E-state index is -3.91. The van der Waals surface area contributed by atoms with E-state index in [2.05, 4.69) is 10.1 Å². The summed E-state index contributed by atoms with van der Waals surface area (Å²) in [6.07, 6.45) is 1.38. The molecule has 0 unspecified atom stereocenters. The topological polar surface area (TPSA) is 74.1 Å². The van der Waals surface area contributed by atoms with Crippen molar-refractivity contribution in [3.63, 3.8) is 0 Å². The second-order valence-corrected chi connectivity index (χ2v) is 7.12. The van der Waals surface area contributed by atoms with Crippen molar-refractivity contribution in [2.24, 2.45) is 7.05 Å². The van der Waals surface area contributed by atoms with E-state index in [0.717, 1.165) is 0 Å². The van der Waals surface area contributed by atoms with Crippen molar-refractivity contribution < 1.29 is 13.2 Å². The van der Waals surface area contributed by atoms with Gasteiger partial charge in [-0.2, -0.15) is 5.10 Å². The third-order valence-electron chi connectivity index (χ3n) is 2.40. The molecule has 0 spiro atoms. The van der Waals surface area contributed by atoms with E-state index in [0.29, 0.717) is 5.82 Å². The first kappa shape index (κ1) is 15.4. The highest BCUT2D eigenvalue weighted by atomic mass is 35.7. The fraction of sp³-hybridized carbons (Fsp3) is 0.200. The van der Waals surface area contributed by atoms with Crippen LogP contribution < -0.4 is 4.74 Å². The minimum absolute atomic E-state index is 0.0406. The van der Waals surface area contributed by atoms with Crippen LogP contribution in [0.4, 0.5) is 0 Å². The van der Waals surface area contributed by atoms with Crippen LogP contribution in [0.1, 0.15) is 5.82 Å². The van der Waals surface area contributed by atoms with Crippen LogP contribution in [0.2, 0.25) is 10.0 Å². The van der Waals surface area contributed by atoms with Crippen molar-refractivity contribution >= 4 is 42.9 Å². The lowest BCUT2D eigenvalue weighted by Crippen LogP contribution is -2.05. The minimum Gasteiger partial charge on any atom is -0.482 e. The largest absolute Gasteiger partial charge is 0.482 e. The zero-order chi connectivity index (χ0) is 14.9. The third-order valence-corrected chi connectivity index (χ3v) is 4.30. The fourth-order valence-corrected chi connectivity index (χ4v) is 2.91. The number of nitrogens with zero attached hydrogens (tertiary/aromatic N) is 3. The van der Waals surface area contributed by atoms with Gasteiger partial charge in [0.1, 0.15) is 12.9 Å². The normalized spacial score (nSPS) is 11.6. The summed E-state index contributed by atoms with van der Waals surface area (Å²) < 4.78 is 29.4. The van der Waals surface area contributed by atoms with Crippen LogP contribution in [0.5, 0.6) is 5.75 Å². The fourth-order valence-electron chi connectivity index (χ4n) is 1.40. The number of halogens is 3. The van der Waals surface area contributed by atoms with Gasteiger partial charge in [-0.15, -0.1) is 0 Å². The van der Waals surface area contributed by atoms with Gasteiger partial charge in [-0.3, -0.25) is 4.68 Å². The number of aryl methyl sites for hydroxylation is 1. The summed E-state index contributed by atoms with van der Waals surface area (Å²) >= 11 is 11.9. The number of aromatic nitrogens is 3. The highest BCUT2D eigenvalue weighted by Gasteiger charge is 2.17. The van der Waals surface area contributed by atoms with Crippen molar-refractivity contribution in [2.45, 2.75) is 11.5 Å². The molecule has 0 fully saturated rings. The van der Waals surface area contributed by atoms with E-state index in [-0.39, 0.29) is 27.3 Å². The quantitative estimate of drug-likeness (QED) is 0.787. The number of hydrogen-bond acceptors (Lipinski definition) is 5. The monoisotopic (exact) mass is 355 g/mol. The SMILES string of the molecule is Cn1ncnc1COc1c(Cl)cc(S(=O)(=O)Cl)cc1Cl. The van der Waals surface area contributed by atoms with E-state index >= 15 is 0 Å². The zero-order valence-corrected chi connectivity index (χ0v) is 13.1. The first-order valence-corrected chi connectivity index (χ1v) is 8.25. The third kappa shape index (κ3) is 3.35. The van der Waals surface area contributed by atoms with Crippen LogP contribution in [0.3, 0.4) is 0 Å². The van der Waals surface area contributed by atoms with E-state index in [9.17, 15) is 8.42 Å². The number of rotatable bonds is 4. The van der Waals surface area contributed by atoms with Gasteiger partial charge in [-0.25, -0.2) is 13.4 Å². The van der Waals surface area contributed by atoms with Gasteiger partial charge < -0.3 is 4.74 Å². The van der Waals surface area contributed by atoms with Gasteiger partial charge in [-0.05, 0) is 12.1 Å². The Balaban J connectivity index is 2.27. The molecule has 1 aromatic carbocycles. The van der Waals surface area contributed by atoms with Crippen LogP contribution >= 0.6 is 33.9 Å². The molecule has 0 aliphatic heterocycles. The summed E-state index contributed by atoms with van der Waals surface area (Å²) in [5.74, 6) is 0.714. The van der Waals surface area contributed by atoms with E-state index < -0.39 is 9.05 Å². The van der Waals surface area contributed by atoms with Gasteiger partial charge in [0.05, 0.1) is 14.9 Å².